The first-order valence-corrected chi connectivity index (χ1v) is 4.06. The van der Waals surface area contributed by atoms with Crippen LogP contribution in [0.15, 0.2) is 18.3 Å². The molecule has 0 amide bonds. The van der Waals surface area contributed by atoms with E-state index in [4.69, 9.17) is 5.11 Å². The highest BCUT2D eigenvalue weighted by molar-refractivity contribution is 5.73. The van der Waals surface area contributed by atoms with Gasteiger partial charge in [0.15, 0.2) is 6.10 Å². The number of nitrogens with zero attached hydrogens (tertiary/aromatic N) is 2. The molecule has 0 radical (unpaired) electrons. The zero-order chi connectivity index (χ0) is 10.7. The van der Waals surface area contributed by atoms with Crippen molar-refractivity contribution >= 4 is 11.8 Å². The molecule has 2 N–H and O–H groups in total. The highest BCUT2D eigenvalue weighted by atomic mass is 16.4. The van der Waals surface area contributed by atoms with Crippen LogP contribution in [0, 0.1) is 0 Å². The summed E-state index contributed by atoms with van der Waals surface area (Å²) in [5.74, 6) is -0.559. The minimum atomic E-state index is -1.50. The fourth-order valence-corrected chi connectivity index (χ4v) is 0.966. The van der Waals surface area contributed by atoms with Gasteiger partial charge in [0.1, 0.15) is 5.82 Å². The molecule has 0 aliphatic rings. The van der Waals surface area contributed by atoms with Crippen molar-refractivity contribution in [2.75, 3.05) is 19.0 Å². The lowest BCUT2D eigenvalue weighted by Gasteiger charge is -2.12. The Balaban J connectivity index is 2.88. The molecule has 0 aliphatic carbocycles. The van der Waals surface area contributed by atoms with E-state index in [0.29, 0.717) is 5.82 Å². The van der Waals surface area contributed by atoms with Crippen LogP contribution in [0.1, 0.15) is 11.7 Å². The third-order valence-corrected chi connectivity index (χ3v) is 1.78. The standard InChI is InChI=1S/C9H12N2O3/c1-11(2)7-4-3-6(5-10-7)8(12)9(13)14/h3-5,8,12H,1-2H3,(H,13,14). The van der Waals surface area contributed by atoms with Crippen LogP contribution in [0.4, 0.5) is 5.82 Å². The SMILES string of the molecule is CN(C)c1ccc(C(O)C(=O)O)cn1. The maximum atomic E-state index is 10.4. The molecule has 76 valence electrons. The minimum absolute atomic E-state index is 0.281. The molecule has 0 bridgehead atoms. The molecule has 5 heteroatoms. The van der Waals surface area contributed by atoms with Gasteiger partial charge in [-0.1, -0.05) is 6.07 Å². The van der Waals surface area contributed by atoms with Crippen molar-refractivity contribution in [3.8, 4) is 0 Å². The van der Waals surface area contributed by atoms with Gasteiger partial charge in [-0.2, -0.15) is 0 Å². The highest BCUT2D eigenvalue weighted by Gasteiger charge is 2.15. The minimum Gasteiger partial charge on any atom is -0.479 e. The molecule has 0 saturated heterocycles. The summed E-state index contributed by atoms with van der Waals surface area (Å²) in [6.07, 6.45) is -0.146. The molecule has 0 aliphatic heterocycles. The molecule has 1 rings (SSSR count). The molecule has 0 fully saturated rings. The highest BCUT2D eigenvalue weighted by Crippen LogP contribution is 2.14. The van der Waals surface area contributed by atoms with Crippen molar-refractivity contribution in [2.45, 2.75) is 6.10 Å². The number of hydrogen-bond acceptors (Lipinski definition) is 4. The Bertz CT molecular complexity index is 321. The average molecular weight is 196 g/mol. The van der Waals surface area contributed by atoms with E-state index in [0.717, 1.165) is 0 Å². The summed E-state index contributed by atoms with van der Waals surface area (Å²) in [5.41, 5.74) is 0.281. The first kappa shape index (κ1) is 10.5. The number of aromatic nitrogens is 1. The Labute approximate surface area is 81.6 Å². The third kappa shape index (κ3) is 2.20. The molecule has 14 heavy (non-hydrogen) atoms. The van der Waals surface area contributed by atoms with Crippen LogP contribution < -0.4 is 4.90 Å². The van der Waals surface area contributed by atoms with Crippen molar-refractivity contribution in [1.82, 2.24) is 4.98 Å². The number of rotatable bonds is 3. The van der Waals surface area contributed by atoms with Gasteiger partial charge in [0.2, 0.25) is 0 Å². The van der Waals surface area contributed by atoms with E-state index in [2.05, 4.69) is 4.98 Å². The van der Waals surface area contributed by atoms with Crippen LogP contribution in [0.2, 0.25) is 0 Å². The topological polar surface area (TPSA) is 73.7 Å². The largest absolute Gasteiger partial charge is 0.479 e. The number of carboxylic acids is 1. The fourth-order valence-electron chi connectivity index (χ4n) is 0.966. The molecular weight excluding hydrogens is 184 g/mol. The lowest BCUT2D eigenvalue weighted by molar-refractivity contribution is -0.146. The molecule has 0 saturated carbocycles. The monoisotopic (exact) mass is 196 g/mol. The second-order valence-electron chi connectivity index (χ2n) is 3.08. The number of pyridine rings is 1. The zero-order valence-electron chi connectivity index (χ0n) is 8.01. The third-order valence-electron chi connectivity index (χ3n) is 1.78. The first-order chi connectivity index (χ1) is 6.52. The maximum absolute atomic E-state index is 10.4. The Morgan fingerprint density at radius 1 is 1.50 bits per heavy atom. The van der Waals surface area contributed by atoms with Gasteiger partial charge in [-0.25, -0.2) is 9.78 Å². The predicted octanol–water partition coefficient (Wildman–Crippen LogP) is 0.266. The number of carbonyl (C=O) groups is 1. The summed E-state index contributed by atoms with van der Waals surface area (Å²) in [6.45, 7) is 0. The summed E-state index contributed by atoms with van der Waals surface area (Å²) in [7, 11) is 3.66. The Morgan fingerprint density at radius 3 is 2.50 bits per heavy atom. The van der Waals surface area contributed by atoms with Crippen molar-refractivity contribution in [3.05, 3.63) is 23.9 Å². The number of aliphatic hydroxyl groups excluding tert-OH is 1. The molecule has 1 heterocycles. The number of carboxylic acid groups (broad SMARTS) is 1. The van der Waals surface area contributed by atoms with Gasteiger partial charge >= 0.3 is 5.97 Å². The van der Waals surface area contributed by atoms with E-state index in [-0.39, 0.29) is 5.56 Å². The Hall–Kier alpha value is -1.62. The van der Waals surface area contributed by atoms with Crippen LogP contribution in [0.5, 0.6) is 0 Å². The lowest BCUT2D eigenvalue weighted by atomic mass is 10.1. The quantitative estimate of drug-likeness (QED) is 0.725. The maximum Gasteiger partial charge on any atom is 0.337 e. The summed E-state index contributed by atoms with van der Waals surface area (Å²) in [4.78, 5) is 16.2. The van der Waals surface area contributed by atoms with Gasteiger partial charge in [-0.15, -0.1) is 0 Å². The summed E-state index contributed by atoms with van der Waals surface area (Å²) in [6, 6.07) is 3.20. The van der Waals surface area contributed by atoms with Crippen LogP contribution in [-0.2, 0) is 4.79 Å². The molecule has 5 nitrogen and oxygen atoms in total. The number of hydrogen-bond donors (Lipinski definition) is 2. The van der Waals surface area contributed by atoms with Crippen molar-refractivity contribution in [1.29, 1.82) is 0 Å². The van der Waals surface area contributed by atoms with Gasteiger partial charge in [0.05, 0.1) is 0 Å². The number of anilines is 1. The number of aliphatic carboxylic acids is 1. The predicted molar refractivity (Wildman–Crippen MR) is 51.2 cm³/mol. The molecular formula is C9H12N2O3. The van der Waals surface area contributed by atoms with Crippen LogP contribution in [0.3, 0.4) is 0 Å². The van der Waals surface area contributed by atoms with Gasteiger partial charge in [0, 0.05) is 25.9 Å². The average Bonchev–Trinajstić information content (AvgIpc) is 2.16. The van der Waals surface area contributed by atoms with Gasteiger partial charge in [-0.3, -0.25) is 0 Å². The molecule has 1 aromatic heterocycles. The van der Waals surface area contributed by atoms with Gasteiger partial charge in [0.25, 0.3) is 0 Å². The summed E-state index contributed by atoms with van der Waals surface area (Å²) < 4.78 is 0. The van der Waals surface area contributed by atoms with E-state index in [1.54, 1.807) is 17.0 Å². The van der Waals surface area contributed by atoms with E-state index in [9.17, 15) is 9.90 Å². The van der Waals surface area contributed by atoms with Crippen LogP contribution in [-0.4, -0.2) is 35.3 Å². The van der Waals surface area contributed by atoms with E-state index in [1.165, 1.54) is 6.20 Å². The molecule has 0 spiro atoms. The molecule has 1 atom stereocenters. The van der Waals surface area contributed by atoms with Crippen molar-refractivity contribution in [3.63, 3.8) is 0 Å². The van der Waals surface area contributed by atoms with Crippen LogP contribution >= 0.6 is 0 Å². The van der Waals surface area contributed by atoms with Crippen LogP contribution in [0.25, 0.3) is 0 Å². The van der Waals surface area contributed by atoms with E-state index >= 15 is 0 Å². The van der Waals surface area contributed by atoms with Gasteiger partial charge < -0.3 is 15.1 Å². The number of aliphatic hydroxyl groups is 1. The fraction of sp³-hybridized carbons (Fsp3) is 0.333. The van der Waals surface area contributed by atoms with Crippen molar-refractivity contribution < 1.29 is 15.0 Å². The molecule has 1 aromatic rings. The smallest absolute Gasteiger partial charge is 0.337 e. The second kappa shape index (κ2) is 4.06. The Morgan fingerprint density at radius 2 is 2.14 bits per heavy atom. The lowest BCUT2D eigenvalue weighted by Crippen LogP contribution is -2.13. The van der Waals surface area contributed by atoms with E-state index < -0.39 is 12.1 Å². The molecule has 0 aromatic carbocycles. The summed E-state index contributed by atoms with van der Waals surface area (Å²) in [5, 5.41) is 17.7. The first-order valence-electron chi connectivity index (χ1n) is 4.06. The molecule has 1 unspecified atom stereocenters. The van der Waals surface area contributed by atoms with Gasteiger partial charge in [-0.05, 0) is 6.07 Å². The Kier molecular flexibility index (Phi) is 3.03. The normalized spacial score (nSPS) is 12.2. The van der Waals surface area contributed by atoms with E-state index in [1.807, 2.05) is 14.1 Å². The second-order valence-corrected chi connectivity index (χ2v) is 3.08. The van der Waals surface area contributed by atoms with Crippen molar-refractivity contribution in [2.24, 2.45) is 0 Å². The summed E-state index contributed by atoms with van der Waals surface area (Å²) >= 11 is 0. The zero-order valence-corrected chi connectivity index (χ0v) is 8.01.